The third-order valence-corrected chi connectivity index (χ3v) is 2.44. The predicted octanol–water partition coefficient (Wildman–Crippen LogP) is 1.30. The van der Waals surface area contributed by atoms with Gasteiger partial charge in [-0.3, -0.25) is 0 Å². The van der Waals surface area contributed by atoms with Crippen LogP contribution in [0.25, 0.3) is 0 Å². The Hall–Kier alpha value is -0.290. The van der Waals surface area contributed by atoms with E-state index in [1.165, 1.54) is 6.92 Å². The maximum atomic E-state index is 12.4. The predicted molar refractivity (Wildman–Crippen MR) is 37.6 cm³/mol. The van der Waals surface area contributed by atoms with E-state index in [-0.39, 0.29) is 19.6 Å². The Bertz CT molecular complexity index is 171. The summed E-state index contributed by atoms with van der Waals surface area (Å²) >= 11 is 0. The van der Waals surface area contributed by atoms with Crippen LogP contribution in [0, 0.1) is 5.92 Å². The molecule has 72 valence electrons. The van der Waals surface area contributed by atoms with Crippen LogP contribution in [0.3, 0.4) is 0 Å². The van der Waals surface area contributed by atoms with Crippen molar-refractivity contribution in [2.45, 2.75) is 25.1 Å². The molecule has 1 aliphatic rings. The average Bonchev–Trinajstić information content (AvgIpc) is 1.93. The van der Waals surface area contributed by atoms with Crippen LogP contribution in [0.2, 0.25) is 0 Å². The minimum absolute atomic E-state index is 0.0933. The Morgan fingerprint density at radius 1 is 1.50 bits per heavy atom. The van der Waals surface area contributed by atoms with E-state index in [2.05, 4.69) is 0 Å². The maximum absolute atomic E-state index is 12.4. The minimum atomic E-state index is -4.32. The van der Waals surface area contributed by atoms with Gasteiger partial charge in [0, 0.05) is 12.5 Å². The molecule has 1 saturated heterocycles. The lowest BCUT2D eigenvalue weighted by atomic mass is 9.81. The summed E-state index contributed by atoms with van der Waals surface area (Å²) in [4.78, 5) is 0. The number of ether oxygens (including phenoxy) is 1. The topological polar surface area (TPSA) is 35.2 Å². The molecule has 0 aromatic heterocycles. The van der Waals surface area contributed by atoms with Crippen molar-refractivity contribution in [3.8, 4) is 0 Å². The first-order chi connectivity index (χ1) is 5.38. The van der Waals surface area contributed by atoms with Crippen LogP contribution in [-0.4, -0.2) is 24.9 Å². The molecule has 0 bridgehead atoms. The summed E-state index contributed by atoms with van der Waals surface area (Å²) in [5.41, 5.74) is 3.22. The van der Waals surface area contributed by atoms with Crippen LogP contribution in [0.15, 0.2) is 0 Å². The zero-order valence-electron chi connectivity index (χ0n) is 6.82. The zero-order chi connectivity index (χ0) is 9.41. The van der Waals surface area contributed by atoms with Crippen LogP contribution in [-0.2, 0) is 4.74 Å². The Labute approximate surface area is 68.9 Å². The number of rotatable bonds is 0. The Balaban J connectivity index is 2.79. The van der Waals surface area contributed by atoms with Gasteiger partial charge >= 0.3 is 6.18 Å². The van der Waals surface area contributed by atoms with Gasteiger partial charge in [0.05, 0.1) is 6.61 Å². The summed E-state index contributed by atoms with van der Waals surface area (Å²) in [5, 5.41) is 0. The second-order valence-corrected chi connectivity index (χ2v) is 3.26. The van der Waals surface area contributed by atoms with Gasteiger partial charge in [0.25, 0.3) is 0 Å². The summed E-state index contributed by atoms with van der Waals surface area (Å²) in [7, 11) is 0. The van der Waals surface area contributed by atoms with E-state index in [1.54, 1.807) is 0 Å². The monoisotopic (exact) mass is 183 g/mol. The Morgan fingerprint density at radius 3 is 2.42 bits per heavy atom. The Morgan fingerprint density at radius 2 is 2.08 bits per heavy atom. The average molecular weight is 183 g/mol. The number of nitrogens with two attached hydrogens (primary N) is 1. The lowest BCUT2D eigenvalue weighted by molar-refractivity contribution is -0.220. The largest absolute Gasteiger partial charge is 0.406 e. The highest BCUT2D eigenvalue weighted by Crippen LogP contribution is 2.38. The van der Waals surface area contributed by atoms with Crippen molar-refractivity contribution in [1.82, 2.24) is 0 Å². The van der Waals surface area contributed by atoms with Crippen LogP contribution in [0.4, 0.5) is 13.2 Å². The van der Waals surface area contributed by atoms with Crippen molar-refractivity contribution in [1.29, 1.82) is 0 Å². The number of halogens is 3. The van der Waals surface area contributed by atoms with Crippen molar-refractivity contribution in [3.63, 3.8) is 0 Å². The highest BCUT2D eigenvalue weighted by atomic mass is 19.4. The summed E-state index contributed by atoms with van der Waals surface area (Å²) in [6, 6.07) is 0. The molecule has 0 spiro atoms. The van der Waals surface area contributed by atoms with Gasteiger partial charge in [-0.05, 0) is 6.42 Å². The van der Waals surface area contributed by atoms with Crippen LogP contribution >= 0.6 is 0 Å². The summed E-state index contributed by atoms with van der Waals surface area (Å²) in [6.07, 6.45) is -4.46. The first-order valence-electron chi connectivity index (χ1n) is 3.81. The molecule has 2 nitrogen and oxygen atoms in total. The Kier molecular flexibility index (Phi) is 2.35. The van der Waals surface area contributed by atoms with Crippen molar-refractivity contribution in [2.24, 2.45) is 11.7 Å². The van der Waals surface area contributed by atoms with Crippen molar-refractivity contribution in [2.75, 3.05) is 13.2 Å². The lowest BCUT2D eigenvalue weighted by Gasteiger charge is -2.40. The van der Waals surface area contributed by atoms with E-state index in [1.807, 2.05) is 0 Å². The van der Waals surface area contributed by atoms with E-state index in [0.717, 1.165) is 0 Å². The highest BCUT2D eigenvalue weighted by Gasteiger charge is 2.56. The fraction of sp³-hybridized carbons (Fsp3) is 1.00. The number of hydrogen-bond acceptors (Lipinski definition) is 2. The minimum Gasteiger partial charge on any atom is -0.381 e. The molecule has 1 rings (SSSR count). The van der Waals surface area contributed by atoms with E-state index in [4.69, 9.17) is 10.5 Å². The molecule has 1 fully saturated rings. The molecule has 0 amide bonds. The second-order valence-electron chi connectivity index (χ2n) is 3.26. The fourth-order valence-electron chi connectivity index (χ4n) is 1.32. The maximum Gasteiger partial charge on any atom is 0.406 e. The molecule has 0 aromatic carbocycles. The smallest absolute Gasteiger partial charge is 0.381 e. The fourth-order valence-corrected chi connectivity index (χ4v) is 1.32. The molecule has 1 aliphatic heterocycles. The SMILES string of the molecule is CC1COCCC1(N)C(F)(F)F. The second kappa shape index (κ2) is 2.88. The van der Waals surface area contributed by atoms with Gasteiger partial charge in [0.2, 0.25) is 0 Å². The van der Waals surface area contributed by atoms with Crippen molar-refractivity contribution in [3.05, 3.63) is 0 Å². The molecule has 1 heterocycles. The van der Waals surface area contributed by atoms with Gasteiger partial charge < -0.3 is 10.5 Å². The molecular weight excluding hydrogens is 171 g/mol. The third kappa shape index (κ3) is 1.43. The third-order valence-electron chi connectivity index (χ3n) is 2.44. The molecule has 0 saturated carbocycles. The van der Waals surface area contributed by atoms with Crippen molar-refractivity contribution < 1.29 is 17.9 Å². The van der Waals surface area contributed by atoms with E-state index >= 15 is 0 Å². The summed E-state index contributed by atoms with van der Waals surface area (Å²) in [5.74, 6) is -0.661. The van der Waals surface area contributed by atoms with Gasteiger partial charge in [-0.25, -0.2) is 0 Å². The highest BCUT2D eigenvalue weighted by molar-refractivity contribution is 4.97. The van der Waals surface area contributed by atoms with Gasteiger partial charge in [-0.1, -0.05) is 6.92 Å². The normalized spacial score (nSPS) is 38.2. The molecule has 12 heavy (non-hydrogen) atoms. The van der Waals surface area contributed by atoms with Gasteiger partial charge in [0.1, 0.15) is 5.54 Å². The molecule has 2 atom stereocenters. The number of hydrogen-bond donors (Lipinski definition) is 1. The van der Waals surface area contributed by atoms with Crippen LogP contribution < -0.4 is 5.73 Å². The zero-order valence-corrected chi connectivity index (χ0v) is 6.82. The summed E-state index contributed by atoms with van der Waals surface area (Å²) < 4.78 is 42.1. The van der Waals surface area contributed by atoms with Crippen molar-refractivity contribution >= 4 is 0 Å². The molecular formula is C7H12F3NO. The van der Waals surface area contributed by atoms with Crippen LogP contribution in [0.5, 0.6) is 0 Å². The quantitative estimate of drug-likeness (QED) is 0.614. The molecule has 0 aliphatic carbocycles. The molecule has 0 radical (unpaired) electrons. The molecule has 2 unspecified atom stereocenters. The molecule has 5 heteroatoms. The first-order valence-corrected chi connectivity index (χ1v) is 3.81. The van der Waals surface area contributed by atoms with Gasteiger partial charge in [-0.15, -0.1) is 0 Å². The van der Waals surface area contributed by atoms with E-state index in [0.29, 0.717) is 0 Å². The number of alkyl halides is 3. The lowest BCUT2D eigenvalue weighted by Crippen LogP contribution is -2.61. The molecule has 0 aromatic rings. The van der Waals surface area contributed by atoms with E-state index < -0.39 is 17.6 Å². The summed E-state index contributed by atoms with van der Waals surface area (Å²) in [6.45, 7) is 1.66. The van der Waals surface area contributed by atoms with Gasteiger partial charge in [0.15, 0.2) is 0 Å². The standard InChI is InChI=1S/C7H12F3NO/c1-5-4-12-3-2-6(5,11)7(8,9)10/h5H,2-4,11H2,1H3. The van der Waals surface area contributed by atoms with Crippen LogP contribution in [0.1, 0.15) is 13.3 Å². The molecule has 2 N–H and O–H groups in total. The van der Waals surface area contributed by atoms with E-state index in [9.17, 15) is 13.2 Å². The first kappa shape index (κ1) is 9.80. The van der Waals surface area contributed by atoms with Gasteiger partial charge in [-0.2, -0.15) is 13.2 Å².